The summed E-state index contributed by atoms with van der Waals surface area (Å²) in [7, 11) is 1.57. The Bertz CT molecular complexity index is 413. The van der Waals surface area contributed by atoms with Crippen LogP contribution in [0.4, 0.5) is 0 Å². The first kappa shape index (κ1) is 14.5. The fourth-order valence-corrected chi connectivity index (χ4v) is 1.58. The van der Waals surface area contributed by atoms with E-state index in [1.165, 1.54) is 0 Å². The number of methoxy groups -OCH3 is 1. The standard InChI is InChI=1S/C14H20N2O2/c1-4-18-10-11(2)16-9-12-5-6-13(8-15)14(7-12)17-3/h5-7,11,16H,4,9-10H2,1-3H3. The predicted molar refractivity (Wildman–Crippen MR) is 70.5 cm³/mol. The number of ether oxygens (including phenoxy) is 2. The van der Waals surface area contributed by atoms with Crippen molar-refractivity contribution in [2.45, 2.75) is 26.4 Å². The van der Waals surface area contributed by atoms with E-state index in [0.29, 0.717) is 24.0 Å². The minimum absolute atomic E-state index is 0.298. The summed E-state index contributed by atoms with van der Waals surface area (Å²) in [4.78, 5) is 0. The third-order valence-corrected chi connectivity index (χ3v) is 2.61. The number of nitrogens with zero attached hydrogens (tertiary/aromatic N) is 1. The molecule has 0 fully saturated rings. The number of rotatable bonds is 7. The number of benzene rings is 1. The highest BCUT2D eigenvalue weighted by Gasteiger charge is 2.05. The lowest BCUT2D eigenvalue weighted by Crippen LogP contribution is -2.30. The van der Waals surface area contributed by atoms with Crippen LogP contribution in [-0.4, -0.2) is 26.4 Å². The van der Waals surface area contributed by atoms with Crippen molar-refractivity contribution >= 4 is 0 Å². The summed E-state index contributed by atoms with van der Waals surface area (Å²) in [6.45, 7) is 6.23. The van der Waals surface area contributed by atoms with Crippen molar-refractivity contribution in [2.24, 2.45) is 0 Å². The molecule has 4 nitrogen and oxygen atoms in total. The molecule has 1 rings (SSSR count). The summed E-state index contributed by atoms with van der Waals surface area (Å²) >= 11 is 0. The molecule has 98 valence electrons. The van der Waals surface area contributed by atoms with Gasteiger partial charge in [-0.25, -0.2) is 0 Å². The lowest BCUT2D eigenvalue weighted by Gasteiger charge is -2.14. The molecule has 0 aliphatic rings. The largest absolute Gasteiger partial charge is 0.495 e. The maximum absolute atomic E-state index is 8.89. The molecular weight excluding hydrogens is 228 g/mol. The van der Waals surface area contributed by atoms with Crippen LogP contribution in [0, 0.1) is 11.3 Å². The molecule has 1 aromatic rings. The second-order valence-corrected chi connectivity index (χ2v) is 4.09. The average Bonchev–Trinajstić information content (AvgIpc) is 2.42. The Morgan fingerprint density at radius 3 is 2.83 bits per heavy atom. The fourth-order valence-electron chi connectivity index (χ4n) is 1.58. The number of hydrogen-bond acceptors (Lipinski definition) is 4. The predicted octanol–water partition coefficient (Wildman–Crippen LogP) is 2.08. The van der Waals surface area contributed by atoms with E-state index in [0.717, 1.165) is 18.7 Å². The zero-order chi connectivity index (χ0) is 13.4. The first-order valence-corrected chi connectivity index (χ1v) is 6.09. The number of nitrogens with one attached hydrogen (secondary N) is 1. The molecule has 0 spiro atoms. The summed E-state index contributed by atoms with van der Waals surface area (Å²) < 4.78 is 10.5. The van der Waals surface area contributed by atoms with Crippen LogP contribution < -0.4 is 10.1 Å². The van der Waals surface area contributed by atoms with Gasteiger partial charge in [-0.3, -0.25) is 0 Å². The molecule has 1 N–H and O–H groups in total. The Morgan fingerprint density at radius 1 is 1.44 bits per heavy atom. The van der Waals surface area contributed by atoms with E-state index in [1.54, 1.807) is 13.2 Å². The molecule has 0 aliphatic carbocycles. The molecule has 1 aromatic carbocycles. The van der Waals surface area contributed by atoms with Crippen molar-refractivity contribution in [1.29, 1.82) is 5.26 Å². The van der Waals surface area contributed by atoms with Crippen LogP contribution in [0.1, 0.15) is 25.0 Å². The van der Waals surface area contributed by atoms with E-state index in [-0.39, 0.29) is 0 Å². The zero-order valence-electron chi connectivity index (χ0n) is 11.2. The monoisotopic (exact) mass is 248 g/mol. The van der Waals surface area contributed by atoms with Gasteiger partial charge in [0.25, 0.3) is 0 Å². The van der Waals surface area contributed by atoms with Crippen LogP contribution in [0.3, 0.4) is 0 Å². The molecule has 1 atom stereocenters. The first-order chi connectivity index (χ1) is 8.71. The highest BCUT2D eigenvalue weighted by Crippen LogP contribution is 2.19. The van der Waals surface area contributed by atoms with Crippen LogP contribution in [0.15, 0.2) is 18.2 Å². The van der Waals surface area contributed by atoms with E-state index in [9.17, 15) is 0 Å². The van der Waals surface area contributed by atoms with Crippen LogP contribution in [-0.2, 0) is 11.3 Å². The molecule has 0 heterocycles. The van der Waals surface area contributed by atoms with Gasteiger partial charge >= 0.3 is 0 Å². The quantitative estimate of drug-likeness (QED) is 0.802. The van der Waals surface area contributed by atoms with Gasteiger partial charge in [0.1, 0.15) is 11.8 Å². The summed E-state index contributed by atoms with van der Waals surface area (Å²) in [6.07, 6.45) is 0. The van der Waals surface area contributed by atoms with E-state index in [2.05, 4.69) is 18.3 Å². The molecule has 0 aliphatic heterocycles. The van der Waals surface area contributed by atoms with Gasteiger partial charge in [0.2, 0.25) is 0 Å². The topological polar surface area (TPSA) is 54.3 Å². The molecule has 1 unspecified atom stereocenters. The Kier molecular flexibility index (Phi) is 6.20. The van der Waals surface area contributed by atoms with Crippen molar-refractivity contribution in [3.63, 3.8) is 0 Å². The Labute approximate surface area is 109 Å². The van der Waals surface area contributed by atoms with Crippen LogP contribution >= 0.6 is 0 Å². The smallest absolute Gasteiger partial charge is 0.136 e. The van der Waals surface area contributed by atoms with Gasteiger partial charge < -0.3 is 14.8 Å². The molecular formula is C14H20N2O2. The van der Waals surface area contributed by atoms with Crippen molar-refractivity contribution in [2.75, 3.05) is 20.3 Å². The van der Waals surface area contributed by atoms with Crippen molar-refractivity contribution in [3.8, 4) is 11.8 Å². The minimum Gasteiger partial charge on any atom is -0.495 e. The Morgan fingerprint density at radius 2 is 2.22 bits per heavy atom. The maximum Gasteiger partial charge on any atom is 0.136 e. The second-order valence-electron chi connectivity index (χ2n) is 4.09. The van der Waals surface area contributed by atoms with Gasteiger partial charge in [-0.2, -0.15) is 5.26 Å². The molecule has 0 radical (unpaired) electrons. The molecule has 0 amide bonds. The number of nitriles is 1. The molecule has 0 saturated heterocycles. The second kappa shape index (κ2) is 7.70. The van der Waals surface area contributed by atoms with Gasteiger partial charge in [-0.15, -0.1) is 0 Å². The maximum atomic E-state index is 8.89. The highest BCUT2D eigenvalue weighted by atomic mass is 16.5. The number of hydrogen-bond donors (Lipinski definition) is 1. The zero-order valence-corrected chi connectivity index (χ0v) is 11.2. The summed E-state index contributed by atoms with van der Waals surface area (Å²) in [5, 5.41) is 12.3. The fraction of sp³-hybridized carbons (Fsp3) is 0.500. The van der Waals surface area contributed by atoms with Crippen molar-refractivity contribution in [1.82, 2.24) is 5.32 Å². The molecule has 18 heavy (non-hydrogen) atoms. The summed E-state index contributed by atoms with van der Waals surface area (Å²) in [6, 6.07) is 8.00. The molecule has 0 saturated carbocycles. The Balaban J connectivity index is 2.55. The van der Waals surface area contributed by atoms with Crippen LogP contribution in [0.5, 0.6) is 5.75 Å². The molecule has 4 heteroatoms. The van der Waals surface area contributed by atoms with Crippen molar-refractivity contribution in [3.05, 3.63) is 29.3 Å². The van der Waals surface area contributed by atoms with Crippen LogP contribution in [0.2, 0.25) is 0 Å². The average molecular weight is 248 g/mol. The summed E-state index contributed by atoms with van der Waals surface area (Å²) in [5.74, 6) is 0.620. The normalized spacial score (nSPS) is 11.9. The lowest BCUT2D eigenvalue weighted by atomic mass is 10.1. The third-order valence-electron chi connectivity index (χ3n) is 2.61. The SMILES string of the molecule is CCOCC(C)NCc1ccc(C#N)c(OC)c1. The van der Waals surface area contributed by atoms with Crippen LogP contribution in [0.25, 0.3) is 0 Å². The highest BCUT2D eigenvalue weighted by molar-refractivity contribution is 5.45. The molecule has 0 aromatic heterocycles. The van der Waals surface area contributed by atoms with Gasteiger partial charge in [-0.1, -0.05) is 6.07 Å². The van der Waals surface area contributed by atoms with Gasteiger partial charge in [0.05, 0.1) is 19.3 Å². The summed E-state index contributed by atoms with van der Waals surface area (Å²) in [5.41, 5.74) is 1.65. The van der Waals surface area contributed by atoms with Crippen molar-refractivity contribution < 1.29 is 9.47 Å². The van der Waals surface area contributed by atoms with Gasteiger partial charge in [0.15, 0.2) is 0 Å². The van der Waals surface area contributed by atoms with E-state index in [4.69, 9.17) is 14.7 Å². The first-order valence-electron chi connectivity index (χ1n) is 6.09. The van der Waals surface area contributed by atoms with Gasteiger partial charge in [0, 0.05) is 19.2 Å². The van der Waals surface area contributed by atoms with E-state index < -0.39 is 0 Å². The van der Waals surface area contributed by atoms with E-state index >= 15 is 0 Å². The molecule has 0 bridgehead atoms. The lowest BCUT2D eigenvalue weighted by molar-refractivity contribution is 0.127. The van der Waals surface area contributed by atoms with E-state index in [1.807, 2.05) is 19.1 Å². The Hall–Kier alpha value is -1.57. The minimum atomic E-state index is 0.298. The van der Waals surface area contributed by atoms with Gasteiger partial charge in [-0.05, 0) is 31.5 Å². The third kappa shape index (κ3) is 4.36.